The lowest BCUT2D eigenvalue weighted by molar-refractivity contribution is -0.157. The van der Waals surface area contributed by atoms with Gasteiger partial charge in [-0.2, -0.15) is 0 Å². The molecule has 4 nitrogen and oxygen atoms in total. The molecule has 0 saturated carbocycles. The molecule has 4 heteroatoms. The standard InChI is InChI=1S/C27H34O4/c1-5-13-23(25(28)30-7-3)27(24(14-6-2)26(29)31-8-4)21-17-11-9-15-19(21)20-16-10-12-18-22(20)27/h9-12,15-18,23-24H,5-8,13-14H2,1-4H3. The summed E-state index contributed by atoms with van der Waals surface area (Å²) in [6, 6.07) is 16.4. The number of hydrogen-bond donors (Lipinski definition) is 0. The van der Waals surface area contributed by atoms with Crippen LogP contribution in [0.4, 0.5) is 0 Å². The molecule has 31 heavy (non-hydrogen) atoms. The second kappa shape index (κ2) is 10.1. The van der Waals surface area contributed by atoms with E-state index in [0.717, 1.165) is 35.1 Å². The molecule has 0 spiro atoms. The quantitative estimate of drug-likeness (QED) is 0.447. The minimum atomic E-state index is -0.808. The van der Waals surface area contributed by atoms with Gasteiger partial charge in [0, 0.05) is 5.41 Å². The second-order valence-electron chi connectivity index (χ2n) is 8.15. The monoisotopic (exact) mass is 422 g/mol. The molecular weight excluding hydrogens is 388 g/mol. The number of esters is 2. The van der Waals surface area contributed by atoms with Gasteiger partial charge in [-0.15, -0.1) is 0 Å². The van der Waals surface area contributed by atoms with Gasteiger partial charge in [-0.3, -0.25) is 9.59 Å². The van der Waals surface area contributed by atoms with Crippen LogP contribution in [-0.4, -0.2) is 25.2 Å². The van der Waals surface area contributed by atoms with Crippen LogP contribution in [0.25, 0.3) is 11.1 Å². The van der Waals surface area contributed by atoms with E-state index in [4.69, 9.17) is 9.47 Å². The Balaban J connectivity index is 2.39. The molecule has 0 amide bonds. The number of ether oxygens (including phenoxy) is 2. The van der Waals surface area contributed by atoms with Crippen LogP contribution in [-0.2, 0) is 24.5 Å². The average molecular weight is 423 g/mol. The first-order chi connectivity index (χ1) is 15.1. The third kappa shape index (κ3) is 3.88. The van der Waals surface area contributed by atoms with Crippen molar-refractivity contribution < 1.29 is 19.1 Å². The molecule has 1 aliphatic rings. The Bertz CT molecular complexity index is 841. The van der Waals surface area contributed by atoms with Crippen molar-refractivity contribution in [2.45, 2.75) is 58.8 Å². The van der Waals surface area contributed by atoms with Gasteiger partial charge in [0.15, 0.2) is 0 Å². The van der Waals surface area contributed by atoms with Crippen molar-refractivity contribution in [3.8, 4) is 11.1 Å². The molecule has 0 aromatic heterocycles. The summed E-state index contributed by atoms with van der Waals surface area (Å²) in [5, 5.41) is 0. The van der Waals surface area contributed by atoms with E-state index in [0.29, 0.717) is 26.1 Å². The molecule has 0 N–H and O–H groups in total. The average Bonchev–Trinajstić information content (AvgIpc) is 3.07. The molecule has 0 heterocycles. The molecule has 166 valence electrons. The summed E-state index contributed by atoms with van der Waals surface area (Å²) < 4.78 is 11.2. The van der Waals surface area contributed by atoms with Gasteiger partial charge in [0.25, 0.3) is 0 Å². The maximum Gasteiger partial charge on any atom is 0.310 e. The van der Waals surface area contributed by atoms with Crippen LogP contribution in [0.2, 0.25) is 0 Å². The minimum Gasteiger partial charge on any atom is -0.466 e. The first-order valence-corrected chi connectivity index (χ1v) is 11.6. The van der Waals surface area contributed by atoms with Crippen LogP contribution in [0.1, 0.15) is 64.5 Å². The number of fused-ring (bicyclic) bond motifs is 3. The Hall–Kier alpha value is -2.62. The third-order valence-corrected chi connectivity index (χ3v) is 6.43. The highest BCUT2D eigenvalue weighted by molar-refractivity contribution is 5.90. The van der Waals surface area contributed by atoms with Crippen LogP contribution in [0, 0.1) is 11.8 Å². The predicted molar refractivity (Wildman–Crippen MR) is 123 cm³/mol. The van der Waals surface area contributed by atoms with Gasteiger partial charge >= 0.3 is 11.9 Å². The van der Waals surface area contributed by atoms with E-state index in [-0.39, 0.29) is 11.9 Å². The number of hydrogen-bond acceptors (Lipinski definition) is 4. The topological polar surface area (TPSA) is 52.6 Å². The zero-order valence-electron chi connectivity index (χ0n) is 19.1. The van der Waals surface area contributed by atoms with Gasteiger partial charge in [-0.05, 0) is 48.9 Å². The number of benzene rings is 2. The molecule has 2 unspecified atom stereocenters. The van der Waals surface area contributed by atoms with E-state index in [2.05, 4.69) is 38.1 Å². The molecule has 2 atom stereocenters. The molecular formula is C27H34O4. The van der Waals surface area contributed by atoms with Gasteiger partial charge in [-0.25, -0.2) is 0 Å². The van der Waals surface area contributed by atoms with Gasteiger partial charge < -0.3 is 9.47 Å². The Morgan fingerprint density at radius 1 is 0.710 bits per heavy atom. The SMILES string of the molecule is CCCC(C(=O)OCC)C1(C(CCC)C(=O)OCC)c2ccccc2-c2ccccc21. The van der Waals surface area contributed by atoms with Crippen LogP contribution in [0.5, 0.6) is 0 Å². The number of rotatable bonds is 10. The summed E-state index contributed by atoms with van der Waals surface area (Å²) in [6.45, 7) is 8.45. The zero-order chi connectivity index (χ0) is 22.4. The van der Waals surface area contributed by atoms with Crippen molar-refractivity contribution in [1.29, 1.82) is 0 Å². The smallest absolute Gasteiger partial charge is 0.310 e. The third-order valence-electron chi connectivity index (χ3n) is 6.43. The number of carbonyl (C=O) groups is 2. The highest BCUT2D eigenvalue weighted by Gasteiger charge is 2.58. The molecule has 2 aromatic rings. The Labute approximate surface area is 186 Å². The summed E-state index contributed by atoms with van der Waals surface area (Å²) in [5.74, 6) is -1.41. The first kappa shape index (κ1) is 23.1. The van der Waals surface area contributed by atoms with E-state index in [9.17, 15) is 9.59 Å². The van der Waals surface area contributed by atoms with Crippen molar-refractivity contribution in [3.63, 3.8) is 0 Å². The lowest BCUT2D eigenvalue weighted by atomic mass is 9.58. The Morgan fingerprint density at radius 2 is 1.10 bits per heavy atom. The van der Waals surface area contributed by atoms with Crippen LogP contribution < -0.4 is 0 Å². The lowest BCUT2D eigenvalue weighted by Crippen LogP contribution is -2.49. The zero-order valence-corrected chi connectivity index (χ0v) is 19.1. The Morgan fingerprint density at radius 3 is 1.45 bits per heavy atom. The lowest BCUT2D eigenvalue weighted by Gasteiger charge is -2.43. The van der Waals surface area contributed by atoms with E-state index in [1.807, 2.05) is 38.1 Å². The summed E-state index contributed by atoms with van der Waals surface area (Å²) in [7, 11) is 0. The van der Waals surface area contributed by atoms with E-state index in [1.165, 1.54) is 0 Å². The van der Waals surface area contributed by atoms with Gasteiger partial charge in [-0.1, -0.05) is 75.2 Å². The molecule has 0 aliphatic heterocycles. The summed E-state index contributed by atoms with van der Waals surface area (Å²) >= 11 is 0. The predicted octanol–water partition coefficient (Wildman–Crippen LogP) is 5.91. The maximum absolute atomic E-state index is 13.5. The number of carbonyl (C=O) groups excluding carboxylic acids is 2. The summed E-state index contributed by atoms with van der Waals surface area (Å²) in [6.07, 6.45) is 2.91. The normalized spacial score (nSPS) is 15.5. The fourth-order valence-electron chi connectivity index (χ4n) is 5.42. The minimum absolute atomic E-state index is 0.235. The highest BCUT2D eigenvalue weighted by atomic mass is 16.5. The molecule has 0 radical (unpaired) electrons. The fraction of sp³-hybridized carbons (Fsp3) is 0.481. The van der Waals surface area contributed by atoms with Gasteiger partial charge in [0.1, 0.15) is 0 Å². The van der Waals surface area contributed by atoms with E-state index in [1.54, 1.807) is 0 Å². The van der Waals surface area contributed by atoms with Crippen molar-refractivity contribution in [1.82, 2.24) is 0 Å². The van der Waals surface area contributed by atoms with Crippen molar-refractivity contribution >= 4 is 11.9 Å². The molecule has 0 bridgehead atoms. The van der Waals surface area contributed by atoms with Crippen LogP contribution >= 0.6 is 0 Å². The molecule has 1 aliphatic carbocycles. The van der Waals surface area contributed by atoms with Gasteiger partial charge in [0.2, 0.25) is 0 Å². The van der Waals surface area contributed by atoms with Crippen molar-refractivity contribution in [3.05, 3.63) is 59.7 Å². The van der Waals surface area contributed by atoms with Crippen LogP contribution in [0.15, 0.2) is 48.5 Å². The van der Waals surface area contributed by atoms with E-state index < -0.39 is 17.3 Å². The second-order valence-corrected chi connectivity index (χ2v) is 8.15. The molecule has 3 rings (SSSR count). The summed E-state index contributed by atoms with van der Waals surface area (Å²) in [4.78, 5) is 26.9. The molecule has 0 fully saturated rings. The van der Waals surface area contributed by atoms with E-state index >= 15 is 0 Å². The van der Waals surface area contributed by atoms with Gasteiger partial charge in [0.05, 0.1) is 25.0 Å². The fourth-order valence-corrected chi connectivity index (χ4v) is 5.42. The van der Waals surface area contributed by atoms with Crippen LogP contribution in [0.3, 0.4) is 0 Å². The molecule has 2 aromatic carbocycles. The van der Waals surface area contributed by atoms with Crippen molar-refractivity contribution in [2.75, 3.05) is 13.2 Å². The largest absolute Gasteiger partial charge is 0.466 e. The summed E-state index contributed by atoms with van der Waals surface area (Å²) in [5.41, 5.74) is 3.45. The highest BCUT2D eigenvalue weighted by Crippen LogP contribution is 2.58. The van der Waals surface area contributed by atoms with Crippen molar-refractivity contribution in [2.24, 2.45) is 11.8 Å². The molecule has 0 saturated heterocycles. The maximum atomic E-state index is 13.5. The first-order valence-electron chi connectivity index (χ1n) is 11.6. The Kier molecular flexibility index (Phi) is 7.53.